The van der Waals surface area contributed by atoms with Crippen molar-refractivity contribution in [3.8, 4) is 0 Å². The normalized spacial score (nSPS) is 30.4. The Hall–Kier alpha value is -6.93. The lowest BCUT2D eigenvalue weighted by Crippen LogP contribution is -2.61. The van der Waals surface area contributed by atoms with Gasteiger partial charge in [0.2, 0.25) is 35.4 Å². The maximum absolute atomic E-state index is 12.4. The topological polar surface area (TPSA) is 725 Å². The molecule has 16 atom stereocenters. The number of carbonyl (C=O) groups excluding carboxylic acids is 12. The minimum atomic E-state index is -1.47. The standard InChI is InChI=1S/C13H24BN3O6.C13H24BN3O5.C13H24BN3O4.C12H22BN3O6.C12H22BN3O5.C12H22BN3O4/c1-8(2)22-14-3-4-21-10-5-17(11(19)9(15)6-18)7-13(10,16)12(20)23-14;1-8(2)21-14-4-5-20-10-6-17(11(18)9(3)15)7-13(10,16)12(19)22-14;1-3-20-14-6-4-5-10-7-17(11(18)9(2)15)8-13(10,16)12(19)21-14;1-2-21-13-3-4-20-9-5-16(10(18)8(14)6-17)7-12(9,15)11(19)22-13;1-8(2)20-13-3-4-19-9-6-16(10(17)5-14)7-12(9,15)11(18)21-13;1-2-19-13-5-3-4-9-7-16(10(17)6-14)8-12(9,15)11(18)20-13/h8-10,18H,3-7,15-16H2,1-2H3;8-10H,4-7,15-16H2,1-3H3;9-10H,3-8,15-16H2,1-2H3;8-9,17H,2-7,14-15H2,1H3;8-9H,3-7,14-15H2,1-2H3;9H,2-8,14-15H2,1H3. The average Bonchev–Trinajstić information content (AvgIpc) is 1.65. The zero-order valence-electron chi connectivity index (χ0n) is 76.2. The van der Waals surface area contributed by atoms with Crippen molar-refractivity contribution in [1.29, 1.82) is 0 Å². The Morgan fingerprint density at radius 2 is 0.597 bits per heavy atom. The molecule has 26 N–H and O–H groups in total. The largest absolute Gasteiger partial charge is 0.529 e. The molecular weight excluding hydrogens is 1700 g/mol. The van der Waals surface area contributed by atoms with Crippen LogP contribution in [0.1, 0.15) is 102 Å². The maximum Gasteiger partial charge on any atom is 0.529 e. The van der Waals surface area contributed by atoms with Gasteiger partial charge in [0.1, 0.15) is 47.6 Å². The zero-order valence-corrected chi connectivity index (χ0v) is 76.2. The summed E-state index contributed by atoms with van der Waals surface area (Å²) in [6.45, 7) is 23.3. The van der Waals surface area contributed by atoms with Gasteiger partial charge < -0.3 is 183 Å². The SMILES string of the molecule is CC(C)OB1CCOC2CN(C(=O)C(C)N)CC2(N)C(=O)O1.CC(C)OB1CCOC2CN(C(=O)C(N)CO)CC2(N)C(=O)O1.CC(C)OB1CCOC2CN(C(=O)CN)CC2(N)C(=O)O1.CCOB1CCCC2CN(C(=O)C(C)N)CC2(N)C(=O)O1.CCOB1CCCC2CN(C(=O)CN)CC2(N)C(=O)O1.CCOB1CCOC2CN(C(=O)C(N)CO)CC2(N)C(=O)O1. The van der Waals surface area contributed by atoms with E-state index < -0.39 is 185 Å². The second-order valence-electron chi connectivity index (χ2n) is 35.0. The predicted molar refractivity (Wildman–Crippen MR) is 464 cm³/mol. The Morgan fingerprint density at radius 3 is 0.884 bits per heavy atom. The molecule has 6 amide bonds. The molecule has 0 spiro atoms. The van der Waals surface area contributed by atoms with E-state index in [1.54, 1.807) is 30.6 Å². The van der Waals surface area contributed by atoms with E-state index in [-0.39, 0.29) is 132 Å². The Balaban J connectivity index is 0.000000212. The molecule has 129 heavy (non-hydrogen) atoms. The number of nitrogens with zero attached hydrogens (tertiary/aromatic N) is 6. The van der Waals surface area contributed by atoms with Gasteiger partial charge in [0.25, 0.3) is 0 Å². The molecule has 0 bridgehead atoms. The fourth-order valence-electron chi connectivity index (χ4n) is 16.6. The lowest BCUT2D eigenvalue weighted by atomic mass is 9.74. The summed E-state index contributed by atoms with van der Waals surface area (Å²) in [7, 11) is -3.88. The minimum absolute atomic E-state index is 0.0330. The molecule has 0 radical (unpaired) electrons. The fourth-order valence-corrected chi connectivity index (χ4v) is 16.6. The van der Waals surface area contributed by atoms with Crippen molar-refractivity contribution in [3.63, 3.8) is 0 Å². The van der Waals surface area contributed by atoms with Crippen molar-refractivity contribution in [2.75, 3.05) is 151 Å². The highest BCUT2D eigenvalue weighted by Gasteiger charge is 2.61. The van der Waals surface area contributed by atoms with Crippen LogP contribution in [0, 0.1) is 11.8 Å². The molecule has 12 rings (SSSR count). The van der Waals surface area contributed by atoms with E-state index in [1.807, 2.05) is 55.4 Å². The van der Waals surface area contributed by atoms with Crippen molar-refractivity contribution in [2.24, 2.45) is 80.6 Å². The molecular formula is C75H138B6N18O30. The molecule has 16 unspecified atom stereocenters. The van der Waals surface area contributed by atoms with E-state index in [1.165, 1.54) is 19.6 Å². The highest BCUT2D eigenvalue weighted by Crippen LogP contribution is 2.38. The zero-order chi connectivity index (χ0) is 96.0. The molecule has 0 aromatic carbocycles. The van der Waals surface area contributed by atoms with Gasteiger partial charge in [-0.25, -0.2) is 0 Å². The summed E-state index contributed by atoms with van der Waals surface area (Å²) in [5.41, 5.74) is 62.3. The lowest BCUT2D eigenvalue weighted by Gasteiger charge is -2.32. The smallest absolute Gasteiger partial charge is 0.508 e. The number of hydrogen-bond donors (Lipinski definition) is 14. The summed E-state index contributed by atoms with van der Waals surface area (Å²) in [5.74, 6) is -5.51. The number of amides is 6. The first-order valence-electron chi connectivity index (χ1n) is 44.3. The minimum Gasteiger partial charge on any atom is -0.508 e. The first-order valence-corrected chi connectivity index (χ1v) is 44.3. The van der Waals surface area contributed by atoms with Gasteiger partial charge in [0.05, 0.1) is 64.6 Å². The number of fused-ring (bicyclic) bond motifs is 6. The van der Waals surface area contributed by atoms with E-state index in [9.17, 15) is 57.5 Å². The van der Waals surface area contributed by atoms with Crippen LogP contribution < -0.4 is 68.8 Å². The lowest BCUT2D eigenvalue weighted by molar-refractivity contribution is -0.149. The highest BCUT2D eigenvalue weighted by molar-refractivity contribution is 6.49. The summed E-state index contributed by atoms with van der Waals surface area (Å²) < 4.78 is 87.4. The van der Waals surface area contributed by atoms with E-state index in [0.29, 0.717) is 97.3 Å². The van der Waals surface area contributed by atoms with E-state index >= 15 is 0 Å². The van der Waals surface area contributed by atoms with Gasteiger partial charge >= 0.3 is 78.5 Å². The average molecular weight is 1840 g/mol. The molecule has 0 aromatic rings. The molecule has 54 heteroatoms. The fraction of sp³-hybridized carbons (Fsp3) is 0.840. The molecule has 0 saturated carbocycles. The molecule has 48 nitrogen and oxygen atoms in total. The third kappa shape index (κ3) is 27.9. The van der Waals surface area contributed by atoms with Crippen molar-refractivity contribution >= 4 is 114 Å². The Bertz CT molecular complexity index is 3790. The third-order valence-electron chi connectivity index (χ3n) is 23.7. The van der Waals surface area contributed by atoms with Crippen LogP contribution in [0.2, 0.25) is 37.9 Å². The Kier molecular flexibility index (Phi) is 41.3. The van der Waals surface area contributed by atoms with Crippen molar-refractivity contribution in [2.45, 2.75) is 240 Å². The van der Waals surface area contributed by atoms with Gasteiger partial charge in [-0.3, -0.25) is 57.5 Å². The van der Waals surface area contributed by atoms with Gasteiger partial charge in [-0.15, -0.1) is 0 Å². The van der Waals surface area contributed by atoms with Gasteiger partial charge in [-0.2, -0.15) is 0 Å². The number of ether oxygens (including phenoxy) is 4. The molecule has 12 aliphatic rings. The quantitative estimate of drug-likeness (QED) is 0.0503. The van der Waals surface area contributed by atoms with E-state index in [0.717, 1.165) is 25.7 Å². The van der Waals surface area contributed by atoms with Crippen molar-refractivity contribution < 1.29 is 143 Å². The van der Waals surface area contributed by atoms with E-state index in [4.69, 9.17) is 154 Å². The number of hydrogen-bond acceptors (Lipinski definition) is 42. The summed E-state index contributed by atoms with van der Waals surface area (Å²) in [5, 5.41) is 18.0. The highest BCUT2D eigenvalue weighted by atomic mass is 16.7. The summed E-state index contributed by atoms with van der Waals surface area (Å²) in [6, 6.07) is -3.33. The molecule has 12 heterocycles. The van der Waals surface area contributed by atoms with Gasteiger partial charge in [-0.05, 0) is 102 Å². The van der Waals surface area contributed by atoms with Crippen LogP contribution in [0.15, 0.2) is 0 Å². The Morgan fingerprint density at radius 1 is 0.364 bits per heavy atom. The van der Waals surface area contributed by atoms with Crippen molar-refractivity contribution in [3.05, 3.63) is 0 Å². The first kappa shape index (κ1) is 109. The second-order valence-corrected chi connectivity index (χ2v) is 35.0. The predicted octanol–water partition coefficient (Wildman–Crippen LogP) is -9.60. The summed E-state index contributed by atoms with van der Waals surface area (Å²) >= 11 is 0. The van der Waals surface area contributed by atoms with Crippen LogP contribution in [0.3, 0.4) is 0 Å². The Labute approximate surface area is 754 Å². The van der Waals surface area contributed by atoms with Gasteiger partial charge in [0, 0.05) is 154 Å². The maximum atomic E-state index is 12.4. The molecule has 726 valence electrons. The number of carbonyl (C=O) groups is 12. The third-order valence-corrected chi connectivity index (χ3v) is 23.7. The van der Waals surface area contributed by atoms with Crippen molar-refractivity contribution in [1.82, 2.24) is 29.4 Å². The van der Waals surface area contributed by atoms with Crippen LogP contribution in [0.5, 0.6) is 0 Å². The first-order chi connectivity index (χ1) is 60.7. The van der Waals surface area contributed by atoms with Crippen LogP contribution in [-0.2, 0) is 132 Å². The monoisotopic (exact) mass is 1840 g/mol. The number of nitrogens with two attached hydrogens (primary N) is 12. The molecule has 0 aliphatic carbocycles. The van der Waals surface area contributed by atoms with Crippen LogP contribution in [0.25, 0.3) is 0 Å². The number of rotatable bonds is 20. The number of aliphatic hydroxyl groups is 2. The number of likely N-dealkylation sites (tertiary alicyclic amines) is 6. The molecule has 12 aliphatic heterocycles. The van der Waals surface area contributed by atoms with Crippen LogP contribution in [-0.4, -0.2) is 405 Å². The molecule has 0 aromatic heterocycles. The summed E-state index contributed by atoms with van der Waals surface area (Å²) in [4.78, 5) is 155. The van der Waals surface area contributed by atoms with E-state index in [2.05, 4.69) is 0 Å². The number of aliphatic hydroxyl groups excluding tert-OH is 2. The molecule has 12 fully saturated rings. The second kappa shape index (κ2) is 48.8. The molecule has 12 saturated heterocycles. The van der Waals surface area contributed by atoms with Crippen LogP contribution in [0.4, 0.5) is 0 Å². The van der Waals surface area contributed by atoms with Crippen LogP contribution >= 0.6 is 0 Å². The van der Waals surface area contributed by atoms with Gasteiger partial charge in [0.15, 0.2) is 22.2 Å². The van der Waals surface area contributed by atoms with Gasteiger partial charge in [-0.1, -0.05) is 12.8 Å². The summed E-state index contributed by atoms with van der Waals surface area (Å²) in [6.07, 6.45) is 3.44.